The highest BCUT2D eigenvalue weighted by atomic mass is 35.5. The second-order valence-electron chi connectivity index (χ2n) is 3.80. The number of benzene rings is 2. The number of nitrogen functional groups attached to an aromatic ring is 1. The molecular formula is C13H11Cl2NOS. The molecule has 18 heavy (non-hydrogen) atoms. The first-order valence-electron chi connectivity index (χ1n) is 5.24. The Morgan fingerprint density at radius 1 is 1.11 bits per heavy atom. The number of anilines is 1. The highest BCUT2D eigenvalue weighted by molar-refractivity contribution is 7.84. The third kappa shape index (κ3) is 3.25. The lowest BCUT2D eigenvalue weighted by Crippen LogP contribution is -1.98. The molecular weight excluding hydrogens is 289 g/mol. The van der Waals surface area contributed by atoms with Crippen LogP contribution in [0.4, 0.5) is 5.69 Å². The summed E-state index contributed by atoms with van der Waals surface area (Å²) in [5.41, 5.74) is 7.03. The van der Waals surface area contributed by atoms with Gasteiger partial charge in [-0.25, -0.2) is 0 Å². The molecule has 0 saturated carbocycles. The summed E-state index contributed by atoms with van der Waals surface area (Å²) in [5.74, 6) is 0.322. The van der Waals surface area contributed by atoms with Crippen molar-refractivity contribution >= 4 is 39.7 Å². The van der Waals surface area contributed by atoms with Gasteiger partial charge in [0, 0.05) is 20.6 Å². The van der Waals surface area contributed by atoms with Crippen molar-refractivity contribution in [3.8, 4) is 0 Å². The summed E-state index contributed by atoms with van der Waals surface area (Å²) >= 11 is 11.9. The first kappa shape index (κ1) is 13.4. The zero-order valence-corrected chi connectivity index (χ0v) is 11.7. The fourth-order valence-corrected chi connectivity index (χ4v) is 3.18. The first-order valence-corrected chi connectivity index (χ1v) is 7.31. The lowest BCUT2D eigenvalue weighted by atomic mass is 10.2. The van der Waals surface area contributed by atoms with E-state index in [1.54, 1.807) is 42.5 Å². The van der Waals surface area contributed by atoms with Crippen LogP contribution >= 0.6 is 23.2 Å². The SMILES string of the molecule is Nc1cccc(S(=O)Cc2cc(Cl)ccc2Cl)c1. The molecule has 2 nitrogen and oxygen atoms in total. The Kier molecular flexibility index (Phi) is 4.27. The van der Waals surface area contributed by atoms with Gasteiger partial charge in [-0.2, -0.15) is 0 Å². The number of rotatable bonds is 3. The zero-order valence-electron chi connectivity index (χ0n) is 9.40. The maximum atomic E-state index is 12.2. The maximum absolute atomic E-state index is 12.2. The minimum absolute atomic E-state index is 0.322. The van der Waals surface area contributed by atoms with Crippen LogP contribution in [0.15, 0.2) is 47.4 Å². The topological polar surface area (TPSA) is 43.1 Å². The summed E-state index contributed by atoms with van der Waals surface area (Å²) in [7, 11) is -1.19. The van der Waals surface area contributed by atoms with E-state index in [0.29, 0.717) is 26.4 Å². The van der Waals surface area contributed by atoms with Crippen molar-refractivity contribution in [1.82, 2.24) is 0 Å². The van der Waals surface area contributed by atoms with Crippen molar-refractivity contribution in [2.45, 2.75) is 10.6 Å². The lowest BCUT2D eigenvalue weighted by molar-refractivity contribution is 0.682. The minimum Gasteiger partial charge on any atom is -0.399 e. The van der Waals surface area contributed by atoms with Crippen molar-refractivity contribution in [1.29, 1.82) is 0 Å². The van der Waals surface area contributed by atoms with Crippen molar-refractivity contribution in [2.75, 3.05) is 5.73 Å². The van der Waals surface area contributed by atoms with Crippen LogP contribution in [0.1, 0.15) is 5.56 Å². The van der Waals surface area contributed by atoms with Crippen LogP contribution in [0.5, 0.6) is 0 Å². The molecule has 1 unspecified atom stereocenters. The summed E-state index contributed by atoms with van der Waals surface area (Å²) in [5, 5.41) is 1.15. The molecule has 0 spiro atoms. The van der Waals surface area contributed by atoms with Gasteiger partial charge < -0.3 is 5.73 Å². The van der Waals surface area contributed by atoms with Gasteiger partial charge >= 0.3 is 0 Å². The first-order chi connectivity index (χ1) is 8.56. The monoisotopic (exact) mass is 299 g/mol. The summed E-state index contributed by atoms with van der Waals surface area (Å²) < 4.78 is 12.2. The van der Waals surface area contributed by atoms with Gasteiger partial charge in [0.1, 0.15) is 0 Å². The van der Waals surface area contributed by atoms with E-state index >= 15 is 0 Å². The van der Waals surface area contributed by atoms with E-state index in [-0.39, 0.29) is 0 Å². The molecule has 0 saturated heterocycles. The Bertz CT molecular complexity index is 601. The standard InChI is InChI=1S/C13H11Cl2NOS/c14-10-4-5-13(15)9(6-10)8-18(17)12-3-1-2-11(16)7-12/h1-7H,8,16H2. The molecule has 0 amide bonds. The molecule has 2 rings (SSSR count). The molecule has 0 aliphatic carbocycles. The Morgan fingerprint density at radius 2 is 1.89 bits per heavy atom. The molecule has 2 aromatic rings. The molecule has 0 aliphatic rings. The average molecular weight is 300 g/mol. The maximum Gasteiger partial charge on any atom is 0.0575 e. The summed E-state index contributed by atoms with van der Waals surface area (Å²) in [6.45, 7) is 0. The molecule has 0 radical (unpaired) electrons. The van der Waals surface area contributed by atoms with Crippen LogP contribution in [0.3, 0.4) is 0 Å². The summed E-state index contributed by atoms with van der Waals surface area (Å²) in [6.07, 6.45) is 0. The largest absolute Gasteiger partial charge is 0.399 e. The number of hydrogen-bond acceptors (Lipinski definition) is 2. The lowest BCUT2D eigenvalue weighted by Gasteiger charge is -2.06. The second-order valence-corrected chi connectivity index (χ2v) is 6.09. The third-order valence-corrected chi connectivity index (χ3v) is 4.37. The van der Waals surface area contributed by atoms with Crippen LogP contribution in [0.2, 0.25) is 10.0 Å². The van der Waals surface area contributed by atoms with Gasteiger partial charge in [-0.15, -0.1) is 0 Å². The van der Waals surface area contributed by atoms with Crippen molar-refractivity contribution in [3.63, 3.8) is 0 Å². The van der Waals surface area contributed by atoms with Gasteiger partial charge in [-0.3, -0.25) is 4.21 Å². The fraction of sp³-hybridized carbons (Fsp3) is 0.0769. The average Bonchev–Trinajstić information content (AvgIpc) is 2.34. The molecule has 0 fully saturated rings. The molecule has 0 bridgehead atoms. The molecule has 2 aromatic carbocycles. The van der Waals surface area contributed by atoms with E-state index in [0.717, 1.165) is 5.56 Å². The number of halogens is 2. The fourth-order valence-electron chi connectivity index (χ4n) is 1.53. The number of hydrogen-bond donors (Lipinski definition) is 1. The Hall–Kier alpha value is -1.03. The molecule has 1 atom stereocenters. The van der Waals surface area contributed by atoms with Gasteiger partial charge in [-0.1, -0.05) is 29.3 Å². The van der Waals surface area contributed by atoms with E-state index in [4.69, 9.17) is 28.9 Å². The minimum atomic E-state index is -1.19. The molecule has 0 aliphatic heterocycles. The van der Waals surface area contributed by atoms with Gasteiger partial charge in [0.05, 0.1) is 16.6 Å². The van der Waals surface area contributed by atoms with Crippen molar-refractivity contribution in [2.24, 2.45) is 0 Å². The highest BCUT2D eigenvalue weighted by Crippen LogP contribution is 2.24. The van der Waals surface area contributed by atoms with Crippen molar-refractivity contribution in [3.05, 3.63) is 58.1 Å². The van der Waals surface area contributed by atoms with E-state index in [2.05, 4.69) is 0 Å². The van der Waals surface area contributed by atoms with Crippen LogP contribution < -0.4 is 5.73 Å². The van der Waals surface area contributed by atoms with E-state index in [1.807, 2.05) is 0 Å². The van der Waals surface area contributed by atoms with Gasteiger partial charge in [0.25, 0.3) is 0 Å². The third-order valence-electron chi connectivity index (χ3n) is 2.42. The van der Waals surface area contributed by atoms with Crippen molar-refractivity contribution < 1.29 is 4.21 Å². The molecule has 0 aromatic heterocycles. The summed E-state index contributed by atoms with van der Waals surface area (Å²) in [6, 6.07) is 12.2. The van der Waals surface area contributed by atoms with Gasteiger partial charge in [0.2, 0.25) is 0 Å². The van der Waals surface area contributed by atoms with Crippen LogP contribution in [0.25, 0.3) is 0 Å². The Labute approximate surface area is 118 Å². The Morgan fingerprint density at radius 3 is 2.61 bits per heavy atom. The number of nitrogens with two attached hydrogens (primary N) is 1. The smallest absolute Gasteiger partial charge is 0.0575 e. The highest BCUT2D eigenvalue weighted by Gasteiger charge is 2.09. The van der Waals surface area contributed by atoms with E-state index < -0.39 is 10.8 Å². The van der Waals surface area contributed by atoms with Crippen LogP contribution in [-0.4, -0.2) is 4.21 Å². The van der Waals surface area contributed by atoms with E-state index in [9.17, 15) is 4.21 Å². The normalized spacial score (nSPS) is 12.3. The zero-order chi connectivity index (χ0) is 13.1. The second kappa shape index (κ2) is 5.74. The van der Waals surface area contributed by atoms with E-state index in [1.165, 1.54) is 0 Å². The Balaban J connectivity index is 2.24. The predicted octanol–water partition coefficient (Wildman–Crippen LogP) is 3.88. The molecule has 5 heteroatoms. The van der Waals surface area contributed by atoms with Crippen LogP contribution in [0, 0.1) is 0 Å². The van der Waals surface area contributed by atoms with Gasteiger partial charge in [0.15, 0.2) is 0 Å². The molecule has 94 valence electrons. The molecule has 0 heterocycles. The quantitative estimate of drug-likeness (QED) is 0.874. The molecule has 2 N–H and O–H groups in total. The summed E-state index contributed by atoms with van der Waals surface area (Å²) in [4.78, 5) is 0.686. The van der Waals surface area contributed by atoms with Crippen LogP contribution in [-0.2, 0) is 16.6 Å². The predicted molar refractivity (Wildman–Crippen MR) is 77.4 cm³/mol. The van der Waals surface area contributed by atoms with Gasteiger partial charge in [-0.05, 0) is 42.0 Å².